The van der Waals surface area contributed by atoms with Crippen LogP contribution in [-0.4, -0.2) is 13.6 Å². The Labute approximate surface area is 89.9 Å². The highest BCUT2D eigenvalue weighted by Crippen LogP contribution is 2.17. The average molecular weight is 206 g/mol. The Morgan fingerprint density at radius 3 is 2.60 bits per heavy atom. The Hall–Kier alpha value is -1.56. The summed E-state index contributed by atoms with van der Waals surface area (Å²) in [6.07, 6.45) is 0. The van der Waals surface area contributed by atoms with Crippen LogP contribution >= 0.6 is 0 Å². The minimum Gasteiger partial charge on any atom is -0.374 e. The second kappa shape index (κ2) is 4.79. The van der Waals surface area contributed by atoms with E-state index in [-0.39, 0.29) is 5.56 Å². The lowest BCUT2D eigenvalue weighted by molar-refractivity contribution is 0.616. The molecule has 0 unspecified atom stereocenters. The molecule has 0 bridgehead atoms. The van der Waals surface area contributed by atoms with Crippen LogP contribution in [0.5, 0.6) is 0 Å². The second-order valence-corrected chi connectivity index (χ2v) is 4.05. The topological polar surface area (TPSA) is 27.0 Å². The molecule has 0 N–H and O–H groups in total. The first-order chi connectivity index (χ1) is 7.04. The number of rotatable bonds is 3. The fourth-order valence-electron chi connectivity index (χ4n) is 1.49. The van der Waals surface area contributed by atoms with E-state index in [9.17, 15) is 4.39 Å². The van der Waals surface area contributed by atoms with Gasteiger partial charge in [0.1, 0.15) is 11.9 Å². The molecule has 0 radical (unpaired) electrons. The SMILES string of the molecule is CC(C)CN(C)c1ccc(C#N)c(F)c1. The van der Waals surface area contributed by atoms with E-state index in [1.165, 1.54) is 12.1 Å². The summed E-state index contributed by atoms with van der Waals surface area (Å²) in [5.74, 6) is 0.0688. The molecule has 80 valence electrons. The third-order valence-corrected chi connectivity index (χ3v) is 2.15. The molecule has 15 heavy (non-hydrogen) atoms. The van der Waals surface area contributed by atoms with Crippen LogP contribution in [0, 0.1) is 23.1 Å². The van der Waals surface area contributed by atoms with Gasteiger partial charge in [-0.25, -0.2) is 4.39 Å². The van der Waals surface area contributed by atoms with E-state index < -0.39 is 5.82 Å². The molecule has 0 heterocycles. The highest BCUT2D eigenvalue weighted by atomic mass is 19.1. The molecule has 2 nitrogen and oxygen atoms in total. The zero-order valence-electron chi connectivity index (χ0n) is 9.29. The summed E-state index contributed by atoms with van der Waals surface area (Å²) < 4.78 is 13.3. The molecule has 0 fully saturated rings. The minimum absolute atomic E-state index is 0.0942. The molecule has 0 amide bonds. The zero-order chi connectivity index (χ0) is 11.4. The van der Waals surface area contributed by atoms with Crippen molar-refractivity contribution in [3.8, 4) is 6.07 Å². The summed E-state index contributed by atoms with van der Waals surface area (Å²) in [7, 11) is 1.92. The lowest BCUT2D eigenvalue weighted by Crippen LogP contribution is -2.22. The molecule has 0 aromatic heterocycles. The van der Waals surface area contributed by atoms with E-state index in [0.29, 0.717) is 5.92 Å². The van der Waals surface area contributed by atoms with Crippen LogP contribution in [0.15, 0.2) is 18.2 Å². The van der Waals surface area contributed by atoms with E-state index in [1.54, 1.807) is 6.07 Å². The maximum Gasteiger partial charge on any atom is 0.143 e. The van der Waals surface area contributed by atoms with Crippen LogP contribution in [0.25, 0.3) is 0 Å². The molecular weight excluding hydrogens is 191 g/mol. The van der Waals surface area contributed by atoms with Crippen LogP contribution < -0.4 is 4.90 Å². The van der Waals surface area contributed by atoms with Crippen molar-refractivity contribution in [1.82, 2.24) is 0 Å². The summed E-state index contributed by atoms with van der Waals surface area (Å²) in [5, 5.41) is 8.59. The number of hydrogen-bond donors (Lipinski definition) is 0. The van der Waals surface area contributed by atoms with Gasteiger partial charge in [-0.1, -0.05) is 13.8 Å². The summed E-state index contributed by atoms with van der Waals surface area (Å²) in [5.41, 5.74) is 0.900. The third-order valence-electron chi connectivity index (χ3n) is 2.15. The van der Waals surface area contributed by atoms with E-state index in [0.717, 1.165) is 12.2 Å². The van der Waals surface area contributed by atoms with Crippen molar-refractivity contribution in [2.45, 2.75) is 13.8 Å². The standard InChI is InChI=1S/C12H15FN2/c1-9(2)8-15(3)11-5-4-10(7-14)12(13)6-11/h4-6,9H,8H2,1-3H3. The summed E-state index contributed by atoms with van der Waals surface area (Å²) >= 11 is 0. The predicted molar refractivity (Wildman–Crippen MR) is 59.2 cm³/mol. The second-order valence-electron chi connectivity index (χ2n) is 4.05. The van der Waals surface area contributed by atoms with Gasteiger partial charge < -0.3 is 4.90 Å². The van der Waals surface area contributed by atoms with E-state index in [1.807, 2.05) is 18.0 Å². The lowest BCUT2D eigenvalue weighted by Gasteiger charge is -2.21. The first kappa shape index (κ1) is 11.5. The van der Waals surface area contributed by atoms with Crippen LogP contribution in [0.4, 0.5) is 10.1 Å². The Morgan fingerprint density at radius 2 is 2.13 bits per heavy atom. The highest BCUT2D eigenvalue weighted by Gasteiger charge is 2.07. The van der Waals surface area contributed by atoms with Crippen molar-refractivity contribution < 1.29 is 4.39 Å². The van der Waals surface area contributed by atoms with Gasteiger partial charge in [-0.05, 0) is 24.1 Å². The smallest absolute Gasteiger partial charge is 0.143 e. The van der Waals surface area contributed by atoms with Gasteiger partial charge in [-0.2, -0.15) is 5.26 Å². The molecule has 0 saturated carbocycles. The molecule has 1 aromatic rings. The van der Waals surface area contributed by atoms with Crippen molar-refractivity contribution in [2.24, 2.45) is 5.92 Å². The summed E-state index contributed by atoms with van der Waals surface area (Å²) in [6, 6.07) is 6.50. The molecule has 0 saturated heterocycles. The highest BCUT2D eigenvalue weighted by molar-refractivity contribution is 5.49. The van der Waals surface area contributed by atoms with Crippen LogP contribution in [0.2, 0.25) is 0 Å². The monoisotopic (exact) mass is 206 g/mol. The first-order valence-corrected chi connectivity index (χ1v) is 4.95. The molecule has 0 aliphatic carbocycles. The van der Waals surface area contributed by atoms with Crippen molar-refractivity contribution in [3.05, 3.63) is 29.6 Å². The molecule has 1 rings (SSSR count). The van der Waals surface area contributed by atoms with Crippen LogP contribution in [0.3, 0.4) is 0 Å². The Bertz CT molecular complexity index is 380. The number of halogens is 1. The zero-order valence-corrected chi connectivity index (χ0v) is 9.29. The quantitative estimate of drug-likeness (QED) is 0.760. The van der Waals surface area contributed by atoms with Gasteiger partial charge in [-0.3, -0.25) is 0 Å². The number of nitrogens with zero attached hydrogens (tertiary/aromatic N) is 2. The van der Waals surface area contributed by atoms with Crippen LogP contribution in [-0.2, 0) is 0 Å². The largest absolute Gasteiger partial charge is 0.374 e. The first-order valence-electron chi connectivity index (χ1n) is 4.95. The Balaban J connectivity index is 2.88. The van der Waals surface area contributed by atoms with Gasteiger partial charge in [0.15, 0.2) is 0 Å². The molecule has 1 aromatic carbocycles. The van der Waals surface area contributed by atoms with Gasteiger partial charge >= 0.3 is 0 Å². The van der Waals surface area contributed by atoms with Gasteiger partial charge in [0.05, 0.1) is 5.56 Å². The number of anilines is 1. The normalized spacial score (nSPS) is 10.1. The molecule has 0 atom stereocenters. The summed E-state index contributed by atoms with van der Waals surface area (Å²) in [4.78, 5) is 1.98. The van der Waals surface area contributed by atoms with Gasteiger partial charge in [-0.15, -0.1) is 0 Å². The fourth-order valence-corrected chi connectivity index (χ4v) is 1.49. The van der Waals surface area contributed by atoms with Crippen molar-refractivity contribution in [2.75, 3.05) is 18.5 Å². The fraction of sp³-hybridized carbons (Fsp3) is 0.417. The minimum atomic E-state index is -0.453. The predicted octanol–water partition coefficient (Wildman–Crippen LogP) is 2.79. The lowest BCUT2D eigenvalue weighted by atomic mass is 10.1. The maximum absolute atomic E-state index is 13.3. The molecule has 0 aliphatic heterocycles. The Morgan fingerprint density at radius 1 is 1.47 bits per heavy atom. The van der Waals surface area contributed by atoms with Crippen molar-refractivity contribution >= 4 is 5.69 Å². The molecule has 0 spiro atoms. The van der Waals surface area contributed by atoms with Gasteiger partial charge in [0.2, 0.25) is 0 Å². The number of benzene rings is 1. The van der Waals surface area contributed by atoms with Gasteiger partial charge in [0, 0.05) is 19.3 Å². The maximum atomic E-state index is 13.3. The van der Waals surface area contributed by atoms with Crippen LogP contribution in [0.1, 0.15) is 19.4 Å². The number of nitriles is 1. The Kier molecular flexibility index (Phi) is 3.68. The molecule has 3 heteroatoms. The third kappa shape index (κ3) is 2.95. The average Bonchev–Trinajstić information content (AvgIpc) is 2.16. The van der Waals surface area contributed by atoms with Crippen molar-refractivity contribution in [3.63, 3.8) is 0 Å². The molecular formula is C12H15FN2. The summed E-state index contributed by atoms with van der Waals surface area (Å²) in [6.45, 7) is 5.08. The number of hydrogen-bond acceptors (Lipinski definition) is 2. The molecule has 0 aliphatic rings. The van der Waals surface area contributed by atoms with E-state index >= 15 is 0 Å². The van der Waals surface area contributed by atoms with Gasteiger partial charge in [0.25, 0.3) is 0 Å². The van der Waals surface area contributed by atoms with Crippen molar-refractivity contribution in [1.29, 1.82) is 5.26 Å². The van der Waals surface area contributed by atoms with E-state index in [2.05, 4.69) is 13.8 Å². The van der Waals surface area contributed by atoms with E-state index in [4.69, 9.17) is 5.26 Å².